The van der Waals surface area contributed by atoms with Gasteiger partial charge in [-0.15, -0.1) is 0 Å². The lowest BCUT2D eigenvalue weighted by Gasteiger charge is -2.39. The summed E-state index contributed by atoms with van der Waals surface area (Å²) in [6.45, 7) is 1.10. The number of amides is 2. The van der Waals surface area contributed by atoms with Gasteiger partial charge in [-0.3, -0.25) is 14.6 Å². The van der Waals surface area contributed by atoms with Crippen LogP contribution in [0, 0.1) is 5.82 Å². The van der Waals surface area contributed by atoms with Crippen LogP contribution in [0.3, 0.4) is 0 Å². The quantitative estimate of drug-likeness (QED) is 0.902. The molecule has 2 aliphatic heterocycles. The van der Waals surface area contributed by atoms with Gasteiger partial charge in [-0.1, -0.05) is 12.1 Å². The highest BCUT2D eigenvalue weighted by Gasteiger charge is 2.46. The fourth-order valence-corrected chi connectivity index (χ4v) is 4.01. The van der Waals surface area contributed by atoms with Gasteiger partial charge in [0.2, 0.25) is 5.91 Å². The van der Waals surface area contributed by atoms with E-state index in [4.69, 9.17) is 0 Å². The van der Waals surface area contributed by atoms with Crippen molar-refractivity contribution >= 4 is 11.8 Å². The van der Waals surface area contributed by atoms with Crippen LogP contribution in [0.4, 0.5) is 4.39 Å². The minimum absolute atomic E-state index is 0.0305. The zero-order valence-electron chi connectivity index (χ0n) is 14.3. The highest BCUT2D eigenvalue weighted by atomic mass is 19.1. The Balaban J connectivity index is 1.43. The second-order valence-electron chi connectivity index (χ2n) is 7.12. The van der Waals surface area contributed by atoms with E-state index in [1.54, 1.807) is 29.4 Å². The number of piperidine rings is 1. The van der Waals surface area contributed by atoms with Crippen LogP contribution in [-0.2, 0) is 4.79 Å². The molecule has 0 bridgehead atoms. The maximum atomic E-state index is 13.4. The smallest absolute Gasteiger partial charge is 0.253 e. The first-order chi connectivity index (χ1) is 12.6. The Hall–Kier alpha value is -2.76. The first-order valence-corrected chi connectivity index (χ1v) is 8.83. The summed E-state index contributed by atoms with van der Waals surface area (Å²) in [5.41, 5.74) is 1.03. The van der Waals surface area contributed by atoms with Crippen molar-refractivity contribution in [3.05, 3.63) is 65.7 Å². The predicted molar refractivity (Wildman–Crippen MR) is 94.0 cm³/mol. The number of rotatable bonds is 2. The molecule has 1 spiro atoms. The van der Waals surface area contributed by atoms with E-state index in [0.29, 0.717) is 31.5 Å². The van der Waals surface area contributed by atoms with Crippen molar-refractivity contribution < 1.29 is 14.0 Å². The van der Waals surface area contributed by atoms with Crippen LogP contribution in [0.25, 0.3) is 0 Å². The summed E-state index contributed by atoms with van der Waals surface area (Å²) in [7, 11) is 0. The van der Waals surface area contributed by atoms with E-state index in [9.17, 15) is 14.0 Å². The molecule has 0 radical (unpaired) electrons. The average molecular weight is 353 g/mol. The summed E-state index contributed by atoms with van der Waals surface area (Å²) in [6, 6.07) is 9.54. The molecule has 6 heteroatoms. The molecule has 3 heterocycles. The molecule has 134 valence electrons. The lowest BCUT2D eigenvalue weighted by atomic mass is 9.82. The summed E-state index contributed by atoms with van der Waals surface area (Å²) < 4.78 is 13.4. The largest absolute Gasteiger partial charge is 0.350 e. The van der Waals surface area contributed by atoms with Gasteiger partial charge in [0.1, 0.15) is 5.82 Å². The van der Waals surface area contributed by atoms with Crippen LogP contribution < -0.4 is 5.32 Å². The Bertz CT molecular complexity index is 832. The molecule has 1 N–H and O–H groups in total. The van der Waals surface area contributed by atoms with Crippen molar-refractivity contribution in [2.45, 2.75) is 30.7 Å². The van der Waals surface area contributed by atoms with Crippen molar-refractivity contribution in [2.75, 3.05) is 13.1 Å². The number of carbonyl (C=O) groups is 2. The standard InChI is InChI=1S/C20H20FN3O2/c21-16-5-1-3-14(11-16)19(26)24-9-6-20(7-10-24)12-17(18(25)23-20)15-4-2-8-22-13-15/h1-5,8,11,13,17H,6-7,9-10,12H2,(H,23,25)/t17-/m0/s1. The number of hydrogen-bond donors (Lipinski definition) is 1. The highest BCUT2D eigenvalue weighted by Crippen LogP contribution is 2.39. The van der Waals surface area contributed by atoms with Gasteiger partial charge < -0.3 is 10.2 Å². The van der Waals surface area contributed by atoms with Crippen LogP contribution in [0.5, 0.6) is 0 Å². The maximum absolute atomic E-state index is 13.4. The second kappa shape index (κ2) is 6.52. The van der Waals surface area contributed by atoms with E-state index < -0.39 is 5.82 Å². The molecule has 2 aliphatic rings. The summed E-state index contributed by atoms with van der Waals surface area (Å²) in [6.07, 6.45) is 5.57. The number of halogens is 1. The maximum Gasteiger partial charge on any atom is 0.253 e. The highest BCUT2D eigenvalue weighted by molar-refractivity contribution is 5.94. The van der Waals surface area contributed by atoms with Crippen LogP contribution in [0.1, 0.15) is 41.1 Å². The van der Waals surface area contributed by atoms with Crippen molar-refractivity contribution in [3.63, 3.8) is 0 Å². The van der Waals surface area contributed by atoms with Crippen molar-refractivity contribution in [2.24, 2.45) is 0 Å². The molecule has 26 heavy (non-hydrogen) atoms. The summed E-state index contributed by atoms with van der Waals surface area (Å²) in [4.78, 5) is 30.9. The molecule has 1 atom stereocenters. The minimum Gasteiger partial charge on any atom is -0.350 e. The molecule has 0 unspecified atom stereocenters. The fraction of sp³-hybridized carbons (Fsp3) is 0.350. The van der Waals surface area contributed by atoms with Gasteiger partial charge in [0.05, 0.1) is 5.92 Å². The normalized spacial score (nSPS) is 21.7. The molecule has 5 nitrogen and oxygen atoms in total. The van der Waals surface area contributed by atoms with Gasteiger partial charge in [0.15, 0.2) is 0 Å². The van der Waals surface area contributed by atoms with Gasteiger partial charge in [-0.05, 0) is 49.1 Å². The molecule has 1 aromatic carbocycles. The van der Waals surface area contributed by atoms with E-state index in [2.05, 4.69) is 10.3 Å². The Labute approximate surface area is 151 Å². The van der Waals surface area contributed by atoms with Gasteiger partial charge >= 0.3 is 0 Å². The van der Waals surface area contributed by atoms with Crippen LogP contribution in [0.2, 0.25) is 0 Å². The number of pyridine rings is 1. The van der Waals surface area contributed by atoms with E-state index in [0.717, 1.165) is 12.0 Å². The predicted octanol–water partition coefficient (Wildman–Crippen LogP) is 2.50. The summed E-state index contributed by atoms with van der Waals surface area (Å²) in [5.74, 6) is -0.726. The number of nitrogens with zero attached hydrogens (tertiary/aromatic N) is 2. The van der Waals surface area contributed by atoms with Crippen LogP contribution >= 0.6 is 0 Å². The van der Waals surface area contributed by atoms with Gasteiger partial charge in [-0.2, -0.15) is 0 Å². The molecule has 2 saturated heterocycles. The number of aromatic nitrogens is 1. The molecule has 4 rings (SSSR count). The third-order valence-electron chi connectivity index (χ3n) is 5.47. The van der Waals surface area contributed by atoms with E-state index >= 15 is 0 Å². The third-order valence-corrected chi connectivity index (χ3v) is 5.47. The van der Waals surface area contributed by atoms with Crippen molar-refractivity contribution in [1.29, 1.82) is 0 Å². The van der Waals surface area contributed by atoms with Crippen molar-refractivity contribution in [3.8, 4) is 0 Å². The number of likely N-dealkylation sites (tertiary alicyclic amines) is 1. The van der Waals surface area contributed by atoms with Crippen molar-refractivity contribution in [1.82, 2.24) is 15.2 Å². The van der Waals surface area contributed by atoms with E-state index in [1.807, 2.05) is 12.1 Å². The molecule has 2 amide bonds. The number of benzene rings is 1. The summed E-state index contributed by atoms with van der Waals surface area (Å²) in [5, 5.41) is 3.16. The molecule has 2 fully saturated rings. The SMILES string of the molecule is O=C1NC2(CCN(C(=O)c3cccc(F)c3)CC2)C[C@H]1c1cccnc1. The lowest BCUT2D eigenvalue weighted by Crippen LogP contribution is -2.52. The Kier molecular flexibility index (Phi) is 4.18. The molecular weight excluding hydrogens is 333 g/mol. The van der Waals surface area contributed by atoms with E-state index in [-0.39, 0.29) is 23.3 Å². The first kappa shape index (κ1) is 16.7. The van der Waals surface area contributed by atoms with Gasteiger partial charge in [-0.25, -0.2) is 4.39 Å². The molecule has 1 aromatic heterocycles. The van der Waals surface area contributed by atoms with Gasteiger partial charge in [0.25, 0.3) is 5.91 Å². The number of carbonyl (C=O) groups excluding carboxylic acids is 2. The Morgan fingerprint density at radius 2 is 2.04 bits per heavy atom. The first-order valence-electron chi connectivity index (χ1n) is 8.83. The van der Waals surface area contributed by atoms with E-state index in [1.165, 1.54) is 12.1 Å². The molecular formula is C20H20FN3O2. The number of nitrogens with one attached hydrogen (secondary N) is 1. The fourth-order valence-electron chi connectivity index (χ4n) is 4.01. The second-order valence-corrected chi connectivity index (χ2v) is 7.12. The zero-order chi connectivity index (χ0) is 18.1. The van der Waals surface area contributed by atoms with Crippen LogP contribution in [-0.4, -0.2) is 40.3 Å². The molecule has 0 saturated carbocycles. The number of hydrogen-bond acceptors (Lipinski definition) is 3. The lowest BCUT2D eigenvalue weighted by molar-refractivity contribution is -0.121. The topological polar surface area (TPSA) is 62.3 Å². The Morgan fingerprint density at radius 3 is 2.73 bits per heavy atom. The van der Waals surface area contributed by atoms with Crippen LogP contribution in [0.15, 0.2) is 48.8 Å². The molecule has 0 aliphatic carbocycles. The monoisotopic (exact) mass is 353 g/mol. The molecule has 2 aromatic rings. The zero-order valence-corrected chi connectivity index (χ0v) is 14.3. The Morgan fingerprint density at radius 1 is 1.23 bits per heavy atom. The minimum atomic E-state index is -0.410. The third kappa shape index (κ3) is 3.07. The summed E-state index contributed by atoms with van der Waals surface area (Å²) >= 11 is 0. The average Bonchev–Trinajstić information content (AvgIpc) is 2.98. The van der Waals surface area contributed by atoms with Gasteiger partial charge in [0, 0.05) is 36.6 Å².